The van der Waals surface area contributed by atoms with Gasteiger partial charge in [0.2, 0.25) is 0 Å². The second-order valence-corrected chi connectivity index (χ2v) is 7.76. The zero-order valence-electron chi connectivity index (χ0n) is 14.0. The van der Waals surface area contributed by atoms with Gasteiger partial charge < -0.3 is 0 Å². The highest BCUT2D eigenvalue weighted by molar-refractivity contribution is 8.04. The van der Waals surface area contributed by atoms with Crippen LogP contribution in [0.4, 0.5) is 0 Å². The Morgan fingerprint density at radius 1 is 0.960 bits per heavy atom. The van der Waals surface area contributed by atoms with E-state index in [4.69, 9.17) is 11.6 Å². The molecule has 0 spiro atoms. The fourth-order valence-electron chi connectivity index (χ4n) is 2.66. The number of benzene rings is 2. The first kappa shape index (κ1) is 17.8. The molecule has 5 heteroatoms. The van der Waals surface area contributed by atoms with Crippen molar-refractivity contribution in [3.8, 4) is 0 Å². The Morgan fingerprint density at radius 3 is 2.20 bits per heavy atom. The van der Waals surface area contributed by atoms with E-state index in [1.807, 2.05) is 56.3 Å². The Morgan fingerprint density at radius 2 is 1.60 bits per heavy atom. The molecule has 2 amide bonds. The summed E-state index contributed by atoms with van der Waals surface area (Å²) in [6.45, 7) is 4.40. The number of amides is 2. The van der Waals surface area contributed by atoms with Gasteiger partial charge in [0.1, 0.15) is 0 Å². The average molecular weight is 372 g/mol. The third kappa shape index (κ3) is 3.80. The van der Waals surface area contributed by atoms with Crippen LogP contribution in [0.5, 0.6) is 0 Å². The van der Waals surface area contributed by atoms with Crippen molar-refractivity contribution in [3.63, 3.8) is 0 Å². The Bertz CT molecular complexity index is 829. The lowest BCUT2D eigenvalue weighted by Crippen LogP contribution is -2.34. The summed E-state index contributed by atoms with van der Waals surface area (Å²) in [7, 11) is 0. The molecule has 2 aromatic carbocycles. The fraction of sp³-hybridized carbons (Fsp3) is 0.200. The SMILES string of the molecule is CC(C)CN1C(=O)C(Sc2ccc(Cl)cc2)=C(c2ccccc2)C1=O. The minimum Gasteiger partial charge on any atom is -0.274 e. The van der Waals surface area contributed by atoms with Crippen LogP contribution in [0.3, 0.4) is 0 Å². The number of carbonyl (C=O) groups excluding carboxylic acids is 2. The minimum absolute atomic E-state index is 0.213. The van der Waals surface area contributed by atoms with Gasteiger partial charge in [0.15, 0.2) is 0 Å². The molecule has 1 aliphatic heterocycles. The molecule has 3 rings (SSSR count). The van der Waals surface area contributed by atoms with Crippen LogP contribution in [0, 0.1) is 5.92 Å². The predicted octanol–water partition coefficient (Wildman–Crippen LogP) is 4.87. The Balaban J connectivity index is 2.03. The summed E-state index contributed by atoms with van der Waals surface area (Å²) in [5.74, 6) is -0.233. The molecule has 0 bridgehead atoms. The van der Waals surface area contributed by atoms with Crippen LogP contribution in [0.15, 0.2) is 64.4 Å². The number of hydrogen-bond acceptors (Lipinski definition) is 3. The number of thioether (sulfide) groups is 1. The highest BCUT2D eigenvalue weighted by Crippen LogP contribution is 2.40. The summed E-state index contributed by atoms with van der Waals surface area (Å²) >= 11 is 7.25. The van der Waals surface area contributed by atoms with Crippen molar-refractivity contribution >= 4 is 40.8 Å². The van der Waals surface area contributed by atoms with Crippen molar-refractivity contribution < 1.29 is 9.59 Å². The molecule has 0 fully saturated rings. The fourth-order valence-corrected chi connectivity index (χ4v) is 3.80. The van der Waals surface area contributed by atoms with Gasteiger partial charge in [-0.25, -0.2) is 0 Å². The molecule has 2 aromatic rings. The lowest BCUT2D eigenvalue weighted by Gasteiger charge is -2.17. The molecule has 0 aliphatic carbocycles. The molecule has 0 atom stereocenters. The van der Waals surface area contributed by atoms with Gasteiger partial charge in [-0.15, -0.1) is 0 Å². The van der Waals surface area contributed by atoms with Crippen LogP contribution in [0.1, 0.15) is 19.4 Å². The highest BCUT2D eigenvalue weighted by Gasteiger charge is 2.39. The molecule has 1 heterocycles. The first-order valence-corrected chi connectivity index (χ1v) is 9.26. The average Bonchev–Trinajstić information content (AvgIpc) is 2.82. The molecule has 0 N–H and O–H groups in total. The van der Waals surface area contributed by atoms with Crippen molar-refractivity contribution in [1.82, 2.24) is 4.90 Å². The summed E-state index contributed by atoms with van der Waals surface area (Å²) in [6.07, 6.45) is 0. The van der Waals surface area contributed by atoms with E-state index in [0.29, 0.717) is 22.0 Å². The van der Waals surface area contributed by atoms with Crippen molar-refractivity contribution in [3.05, 3.63) is 70.1 Å². The van der Waals surface area contributed by atoms with Crippen LogP contribution in [-0.4, -0.2) is 23.3 Å². The van der Waals surface area contributed by atoms with Gasteiger partial charge in [-0.3, -0.25) is 14.5 Å². The lowest BCUT2D eigenvalue weighted by molar-refractivity contribution is -0.137. The monoisotopic (exact) mass is 371 g/mol. The summed E-state index contributed by atoms with van der Waals surface area (Å²) in [5.41, 5.74) is 1.25. The topological polar surface area (TPSA) is 37.4 Å². The first-order valence-electron chi connectivity index (χ1n) is 8.06. The minimum atomic E-state index is -0.225. The van der Waals surface area contributed by atoms with Crippen LogP contribution in [-0.2, 0) is 9.59 Å². The normalized spacial score (nSPS) is 14.8. The van der Waals surface area contributed by atoms with Gasteiger partial charge in [-0.1, -0.05) is 67.5 Å². The molecular weight excluding hydrogens is 354 g/mol. The maximum atomic E-state index is 12.9. The highest BCUT2D eigenvalue weighted by atomic mass is 35.5. The molecule has 0 unspecified atom stereocenters. The van der Waals surface area contributed by atoms with E-state index < -0.39 is 0 Å². The van der Waals surface area contributed by atoms with Crippen molar-refractivity contribution in [1.29, 1.82) is 0 Å². The molecule has 0 aromatic heterocycles. The molecule has 0 saturated heterocycles. The van der Waals surface area contributed by atoms with E-state index >= 15 is 0 Å². The second kappa shape index (κ2) is 7.46. The smallest absolute Gasteiger partial charge is 0.268 e. The van der Waals surface area contributed by atoms with Crippen LogP contribution >= 0.6 is 23.4 Å². The van der Waals surface area contributed by atoms with Gasteiger partial charge in [-0.05, 0) is 35.7 Å². The van der Waals surface area contributed by atoms with E-state index in [9.17, 15) is 9.59 Å². The van der Waals surface area contributed by atoms with Gasteiger partial charge >= 0.3 is 0 Å². The van der Waals surface area contributed by atoms with Crippen molar-refractivity contribution in [2.75, 3.05) is 6.54 Å². The number of nitrogens with zero attached hydrogens (tertiary/aromatic N) is 1. The third-order valence-electron chi connectivity index (χ3n) is 3.77. The number of hydrogen-bond donors (Lipinski definition) is 0. The lowest BCUT2D eigenvalue weighted by atomic mass is 10.1. The van der Waals surface area contributed by atoms with Gasteiger partial charge in [-0.2, -0.15) is 0 Å². The van der Waals surface area contributed by atoms with E-state index in [1.54, 1.807) is 12.1 Å². The maximum absolute atomic E-state index is 12.9. The molecule has 128 valence electrons. The van der Waals surface area contributed by atoms with Crippen LogP contribution < -0.4 is 0 Å². The zero-order valence-corrected chi connectivity index (χ0v) is 15.6. The van der Waals surface area contributed by atoms with E-state index in [2.05, 4.69) is 0 Å². The molecule has 0 saturated carbocycles. The Kier molecular flexibility index (Phi) is 5.30. The Labute approximate surface area is 156 Å². The molecule has 3 nitrogen and oxygen atoms in total. The molecule has 1 aliphatic rings. The van der Waals surface area contributed by atoms with Crippen LogP contribution in [0.2, 0.25) is 5.02 Å². The van der Waals surface area contributed by atoms with Crippen molar-refractivity contribution in [2.24, 2.45) is 5.92 Å². The maximum Gasteiger partial charge on any atom is 0.268 e. The number of rotatable bonds is 5. The first-order chi connectivity index (χ1) is 12.0. The molecular formula is C20H18ClNO2S. The zero-order chi connectivity index (χ0) is 18.0. The second-order valence-electron chi connectivity index (χ2n) is 6.24. The number of halogens is 1. The quantitative estimate of drug-likeness (QED) is 0.704. The third-order valence-corrected chi connectivity index (χ3v) is 5.11. The van der Waals surface area contributed by atoms with Gasteiger partial charge in [0.05, 0.1) is 10.5 Å². The van der Waals surface area contributed by atoms with Gasteiger partial charge in [0, 0.05) is 16.5 Å². The largest absolute Gasteiger partial charge is 0.274 e. The molecule has 0 radical (unpaired) electrons. The van der Waals surface area contributed by atoms with Gasteiger partial charge in [0.25, 0.3) is 11.8 Å². The molecule has 25 heavy (non-hydrogen) atoms. The number of carbonyl (C=O) groups is 2. The summed E-state index contributed by atoms with van der Waals surface area (Å²) in [5, 5.41) is 0.636. The summed E-state index contributed by atoms with van der Waals surface area (Å²) < 4.78 is 0. The van der Waals surface area contributed by atoms with Crippen LogP contribution in [0.25, 0.3) is 5.57 Å². The van der Waals surface area contributed by atoms with E-state index in [-0.39, 0.29) is 17.7 Å². The number of imide groups is 1. The van der Waals surface area contributed by atoms with E-state index in [1.165, 1.54) is 16.7 Å². The summed E-state index contributed by atoms with van der Waals surface area (Å²) in [4.78, 5) is 28.5. The summed E-state index contributed by atoms with van der Waals surface area (Å²) in [6, 6.07) is 16.6. The Hall–Kier alpha value is -2.04. The van der Waals surface area contributed by atoms with E-state index in [0.717, 1.165) is 10.5 Å². The predicted molar refractivity (Wildman–Crippen MR) is 102 cm³/mol. The standard InChI is InChI=1S/C20H18ClNO2S/c1-13(2)12-22-19(23)17(14-6-4-3-5-7-14)18(20(22)24)25-16-10-8-15(21)9-11-16/h3-11,13H,12H2,1-2H3. The van der Waals surface area contributed by atoms with Crippen molar-refractivity contribution in [2.45, 2.75) is 18.7 Å².